The van der Waals surface area contributed by atoms with Crippen molar-refractivity contribution in [3.63, 3.8) is 0 Å². The highest BCUT2D eigenvalue weighted by atomic mass is 16.5. The summed E-state index contributed by atoms with van der Waals surface area (Å²) in [7, 11) is 6.09. The van der Waals surface area contributed by atoms with Crippen molar-refractivity contribution >= 4 is 5.91 Å². The first-order valence-corrected chi connectivity index (χ1v) is 10.3. The largest absolute Gasteiger partial charge is 0.384 e. The molecule has 1 aliphatic heterocycles. The number of carbonyl (C=O) groups excluding carboxylic acids is 1. The highest BCUT2D eigenvalue weighted by Gasteiger charge is 2.49. The third-order valence-corrected chi connectivity index (χ3v) is 7.11. The highest BCUT2D eigenvalue weighted by molar-refractivity contribution is 5.82. The third-order valence-electron chi connectivity index (χ3n) is 7.11. The van der Waals surface area contributed by atoms with Crippen LogP contribution < -0.4 is 0 Å². The maximum atomic E-state index is 13.0. The van der Waals surface area contributed by atoms with Crippen molar-refractivity contribution in [1.29, 1.82) is 0 Å². The average Bonchev–Trinajstić information content (AvgIpc) is 3.06. The van der Waals surface area contributed by atoms with E-state index in [4.69, 9.17) is 4.74 Å². The van der Waals surface area contributed by atoms with E-state index in [1.54, 1.807) is 7.11 Å². The molecule has 1 aromatic carbocycles. The Kier molecular flexibility index (Phi) is 5.69. The van der Waals surface area contributed by atoms with Crippen LogP contribution in [0.5, 0.6) is 0 Å². The summed E-state index contributed by atoms with van der Waals surface area (Å²) in [5, 5.41) is 0. The summed E-state index contributed by atoms with van der Waals surface area (Å²) >= 11 is 0. The van der Waals surface area contributed by atoms with Gasteiger partial charge in [0, 0.05) is 25.7 Å². The molecule has 1 spiro atoms. The van der Waals surface area contributed by atoms with Crippen LogP contribution in [0.3, 0.4) is 0 Å². The van der Waals surface area contributed by atoms with Gasteiger partial charge in [0.05, 0.1) is 12.0 Å². The Morgan fingerprint density at radius 2 is 1.74 bits per heavy atom. The number of methoxy groups -OCH3 is 1. The summed E-state index contributed by atoms with van der Waals surface area (Å²) in [5.41, 5.74) is 1.41. The van der Waals surface area contributed by atoms with Gasteiger partial charge in [0.1, 0.15) is 0 Å². The van der Waals surface area contributed by atoms with E-state index in [2.05, 4.69) is 54.2 Å². The Labute approximate surface area is 164 Å². The van der Waals surface area contributed by atoms with Gasteiger partial charge in [0.15, 0.2) is 0 Å². The number of hydrogen-bond acceptors (Lipinski definition) is 3. The van der Waals surface area contributed by atoms with Crippen LogP contribution in [-0.2, 0) is 15.1 Å². The lowest BCUT2D eigenvalue weighted by Crippen LogP contribution is -2.48. The third kappa shape index (κ3) is 3.79. The van der Waals surface area contributed by atoms with Gasteiger partial charge in [0.2, 0.25) is 5.91 Å². The zero-order chi connectivity index (χ0) is 19.7. The van der Waals surface area contributed by atoms with Crippen LogP contribution in [0, 0.1) is 10.8 Å². The molecule has 2 fully saturated rings. The van der Waals surface area contributed by atoms with E-state index in [0.29, 0.717) is 12.0 Å². The summed E-state index contributed by atoms with van der Waals surface area (Å²) in [6, 6.07) is 10.9. The molecule has 4 nitrogen and oxygen atoms in total. The number of amides is 1. The average molecular weight is 373 g/mol. The van der Waals surface area contributed by atoms with E-state index >= 15 is 0 Å². The number of likely N-dealkylation sites (tertiary alicyclic amines) is 1. The Balaban J connectivity index is 1.71. The molecule has 0 atom stereocenters. The van der Waals surface area contributed by atoms with Gasteiger partial charge in [-0.1, -0.05) is 30.3 Å². The van der Waals surface area contributed by atoms with Gasteiger partial charge in [-0.2, -0.15) is 0 Å². The molecule has 0 N–H and O–H groups in total. The Morgan fingerprint density at radius 1 is 1.11 bits per heavy atom. The molecule has 0 bridgehead atoms. The zero-order valence-corrected chi connectivity index (χ0v) is 17.8. The predicted octanol–water partition coefficient (Wildman–Crippen LogP) is 3.91. The summed E-state index contributed by atoms with van der Waals surface area (Å²) < 4.78 is 5.27. The molecule has 27 heavy (non-hydrogen) atoms. The first-order chi connectivity index (χ1) is 12.7. The van der Waals surface area contributed by atoms with Crippen LogP contribution in [0.2, 0.25) is 0 Å². The fourth-order valence-corrected chi connectivity index (χ4v) is 5.30. The molecule has 1 aromatic rings. The molecule has 150 valence electrons. The van der Waals surface area contributed by atoms with E-state index < -0.39 is 5.41 Å². The topological polar surface area (TPSA) is 32.8 Å². The lowest BCUT2D eigenvalue weighted by atomic mass is 9.64. The smallest absolute Gasteiger partial charge is 0.230 e. The second-order valence-electron chi connectivity index (χ2n) is 9.59. The maximum absolute atomic E-state index is 13.0. The van der Waals surface area contributed by atoms with Gasteiger partial charge < -0.3 is 9.64 Å². The maximum Gasteiger partial charge on any atom is 0.230 e. The molecular formula is C23H36N2O2. The van der Waals surface area contributed by atoms with Gasteiger partial charge in [-0.05, 0) is 71.0 Å². The summed E-state index contributed by atoms with van der Waals surface area (Å²) in [4.78, 5) is 17.5. The molecule has 0 radical (unpaired) electrons. The Hall–Kier alpha value is -1.39. The predicted molar refractivity (Wildman–Crippen MR) is 110 cm³/mol. The van der Waals surface area contributed by atoms with E-state index in [1.165, 1.54) is 18.4 Å². The van der Waals surface area contributed by atoms with Crippen molar-refractivity contribution in [1.82, 2.24) is 9.80 Å². The van der Waals surface area contributed by atoms with Gasteiger partial charge >= 0.3 is 0 Å². The lowest BCUT2D eigenvalue weighted by molar-refractivity contribution is -0.142. The molecule has 2 aliphatic rings. The fourth-order valence-electron chi connectivity index (χ4n) is 5.30. The monoisotopic (exact) mass is 372 g/mol. The van der Waals surface area contributed by atoms with Crippen LogP contribution in [0.15, 0.2) is 30.3 Å². The Bertz CT molecular complexity index is 646. The van der Waals surface area contributed by atoms with Crippen LogP contribution >= 0.6 is 0 Å². The van der Waals surface area contributed by atoms with Gasteiger partial charge in [-0.3, -0.25) is 9.69 Å². The minimum absolute atomic E-state index is 0.124. The standard InChI is InChI=1S/C23H36N2O2/c1-21(2,18-27-5)20(26)25-16-15-22(17-25)11-13-23(14-12-22,24(3)4)19-9-7-6-8-10-19/h6-10H,11-18H2,1-5H3. The molecular weight excluding hydrogens is 336 g/mol. The van der Waals surface area contributed by atoms with E-state index in [0.717, 1.165) is 32.4 Å². The van der Waals surface area contributed by atoms with Crippen LogP contribution in [0.4, 0.5) is 0 Å². The minimum atomic E-state index is -0.438. The molecule has 3 rings (SSSR count). The number of hydrogen-bond donors (Lipinski definition) is 0. The minimum Gasteiger partial charge on any atom is -0.384 e. The number of carbonyl (C=O) groups is 1. The summed E-state index contributed by atoms with van der Waals surface area (Å²) in [6.45, 7) is 6.28. The molecule has 1 heterocycles. The van der Waals surface area contributed by atoms with Crippen molar-refractivity contribution < 1.29 is 9.53 Å². The zero-order valence-electron chi connectivity index (χ0n) is 17.8. The van der Waals surface area contributed by atoms with Crippen LogP contribution in [0.25, 0.3) is 0 Å². The van der Waals surface area contributed by atoms with E-state index in [1.807, 2.05) is 13.8 Å². The number of rotatable bonds is 5. The van der Waals surface area contributed by atoms with Gasteiger partial charge in [-0.25, -0.2) is 0 Å². The summed E-state index contributed by atoms with van der Waals surface area (Å²) in [6.07, 6.45) is 5.84. The number of nitrogens with zero attached hydrogens (tertiary/aromatic N) is 2. The second kappa shape index (κ2) is 7.56. The lowest BCUT2D eigenvalue weighted by Gasteiger charge is -2.49. The molecule has 1 saturated heterocycles. The van der Waals surface area contributed by atoms with Gasteiger partial charge in [0.25, 0.3) is 0 Å². The van der Waals surface area contributed by atoms with Gasteiger partial charge in [-0.15, -0.1) is 0 Å². The van der Waals surface area contributed by atoms with Crippen LogP contribution in [0.1, 0.15) is 51.5 Å². The first-order valence-electron chi connectivity index (χ1n) is 10.3. The van der Waals surface area contributed by atoms with Crippen LogP contribution in [-0.4, -0.2) is 56.6 Å². The molecule has 0 unspecified atom stereocenters. The normalized spacial score (nSPS) is 28.9. The first kappa shape index (κ1) is 20.3. The fraction of sp³-hybridized carbons (Fsp3) is 0.696. The SMILES string of the molecule is COCC(C)(C)C(=O)N1CCC2(CCC(c3ccccc3)(N(C)C)CC2)C1. The molecule has 1 saturated carbocycles. The molecule has 1 amide bonds. The van der Waals surface area contributed by atoms with Crippen molar-refractivity contribution in [3.05, 3.63) is 35.9 Å². The Morgan fingerprint density at radius 3 is 2.30 bits per heavy atom. The van der Waals surface area contributed by atoms with E-state index in [9.17, 15) is 4.79 Å². The number of ether oxygens (including phenoxy) is 1. The quantitative estimate of drug-likeness (QED) is 0.786. The van der Waals surface area contributed by atoms with Crippen molar-refractivity contribution in [2.45, 2.75) is 51.5 Å². The van der Waals surface area contributed by atoms with Crippen molar-refractivity contribution in [2.24, 2.45) is 10.8 Å². The second-order valence-corrected chi connectivity index (χ2v) is 9.59. The summed E-state index contributed by atoms with van der Waals surface area (Å²) in [5.74, 6) is 0.244. The number of benzene rings is 1. The van der Waals surface area contributed by atoms with Crippen molar-refractivity contribution in [3.8, 4) is 0 Å². The molecule has 0 aromatic heterocycles. The molecule has 4 heteroatoms. The molecule has 1 aliphatic carbocycles. The van der Waals surface area contributed by atoms with E-state index in [-0.39, 0.29) is 11.4 Å². The highest BCUT2D eigenvalue weighted by Crippen LogP contribution is 2.52. The van der Waals surface area contributed by atoms with Crippen molar-refractivity contribution in [2.75, 3.05) is 40.9 Å².